The lowest BCUT2D eigenvalue weighted by Gasteiger charge is -2.08. The number of aromatic nitrogens is 1. The molecule has 0 aliphatic carbocycles. The van der Waals surface area contributed by atoms with E-state index in [1.165, 1.54) is 4.57 Å². The molecule has 5 heteroatoms. The Labute approximate surface area is 80.8 Å². The van der Waals surface area contributed by atoms with E-state index in [0.717, 1.165) is 0 Å². The number of nitrogens with zero attached hydrogens (tertiary/aromatic N) is 1. The Hall–Kier alpha value is -1.62. The van der Waals surface area contributed by atoms with Crippen LogP contribution in [0.4, 0.5) is 0 Å². The number of carboxylic acid groups (broad SMARTS) is 1. The van der Waals surface area contributed by atoms with Gasteiger partial charge in [0.2, 0.25) is 0 Å². The van der Waals surface area contributed by atoms with Crippen molar-refractivity contribution in [3.63, 3.8) is 0 Å². The van der Waals surface area contributed by atoms with Crippen LogP contribution in [0.3, 0.4) is 0 Å². The molecule has 0 saturated heterocycles. The first-order chi connectivity index (χ1) is 6.56. The summed E-state index contributed by atoms with van der Waals surface area (Å²) in [6, 6.07) is 3.31. The molecule has 1 heterocycles. The number of carbonyl (C=O) groups is 1. The number of aryl methyl sites for hydroxylation is 1. The zero-order valence-electron chi connectivity index (χ0n) is 7.86. The molecule has 0 radical (unpaired) electrons. The molecule has 0 atom stereocenters. The highest BCUT2D eigenvalue weighted by molar-refractivity contribution is 5.66. The smallest absolute Gasteiger partial charge is 0.323 e. The molecular weight excluding hydrogens is 184 g/mol. The van der Waals surface area contributed by atoms with Crippen LogP contribution in [0.2, 0.25) is 0 Å². The lowest BCUT2D eigenvalue weighted by molar-refractivity contribution is -0.137. The molecule has 0 aliphatic rings. The van der Waals surface area contributed by atoms with Crippen molar-refractivity contribution in [1.29, 1.82) is 0 Å². The molecule has 0 unspecified atom stereocenters. The quantitative estimate of drug-likeness (QED) is 0.695. The Balaban J connectivity index is 3.25. The Morgan fingerprint density at radius 2 is 2.21 bits per heavy atom. The van der Waals surface area contributed by atoms with Crippen molar-refractivity contribution >= 4 is 5.97 Å². The van der Waals surface area contributed by atoms with Crippen LogP contribution in [0.5, 0.6) is 0 Å². The van der Waals surface area contributed by atoms with Crippen LogP contribution in [0.25, 0.3) is 0 Å². The highest BCUT2D eigenvalue weighted by Crippen LogP contribution is 1.97. The Bertz CT molecular complexity index is 409. The average Bonchev–Trinajstić information content (AvgIpc) is 2.12. The Morgan fingerprint density at radius 1 is 1.57 bits per heavy atom. The molecule has 1 aromatic heterocycles. The number of pyridine rings is 1. The normalized spacial score (nSPS) is 10.1. The van der Waals surface area contributed by atoms with Crippen LogP contribution in [-0.4, -0.2) is 15.6 Å². The van der Waals surface area contributed by atoms with E-state index in [2.05, 4.69) is 0 Å². The minimum absolute atomic E-state index is 0.124. The summed E-state index contributed by atoms with van der Waals surface area (Å²) >= 11 is 0. The van der Waals surface area contributed by atoms with Crippen molar-refractivity contribution in [3.05, 3.63) is 33.7 Å². The lowest BCUT2D eigenvalue weighted by atomic mass is 10.2. The van der Waals surface area contributed by atoms with E-state index in [-0.39, 0.29) is 18.6 Å². The van der Waals surface area contributed by atoms with Gasteiger partial charge >= 0.3 is 5.97 Å². The van der Waals surface area contributed by atoms with Gasteiger partial charge in [-0.1, -0.05) is 6.07 Å². The predicted molar refractivity (Wildman–Crippen MR) is 51.0 cm³/mol. The molecule has 0 aliphatic heterocycles. The zero-order chi connectivity index (χ0) is 10.7. The van der Waals surface area contributed by atoms with E-state index >= 15 is 0 Å². The lowest BCUT2D eigenvalue weighted by Crippen LogP contribution is -2.29. The fourth-order valence-electron chi connectivity index (χ4n) is 1.20. The highest BCUT2D eigenvalue weighted by atomic mass is 16.4. The number of nitrogens with two attached hydrogens (primary N) is 1. The van der Waals surface area contributed by atoms with E-state index in [0.29, 0.717) is 11.3 Å². The summed E-state index contributed by atoms with van der Waals surface area (Å²) in [4.78, 5) is 22.1. The van der Waals surface area contributed by atoms with Gasteiger partial charge < -0.3 is 15.4 Å². The van der Waals surface area contributed by atoms with Crippen LogP contribution >= 0.6 is 0 Å². The second-order valence-electron chi connectivity index (χ2n) is 2.99. The molecule has 0 bridgehead atoms. The van der Waals surface area contributed by atoms with Crippen LogP contribution in [0.15, 0.2) is 16.9 Å². The second kappa shape index (κ2) is 4.06. The number of carboxylic acids is 1. The van der Waals surface area contributed by atoms with Gasteiger partial charge in [-0.15, -0.1) is 0 Å². The third-order valence-electron chi connectivity index (χ3n) is 1.98. The molecular formula is C9H12N2O3. The van der Waals surface area contributed by atoms with Gasteiger partial charge in [0.25, 0.3) is 5.56 Å². The van der Waals surface area contributed by atoms with Gasteiger partial charge in [-0.2, -0.15) is 0 Å². The minimum Gasteiger partial charge on any atom is -0.480 e. The van der Waals surface area contributed by atoms with Gasteiger partial charge in [-0.25, -0.2) is 0 Å². The van der Waals surface area contributed by atoms with E-state index in [4.69, 9.17) is 10.8 Å². The molecule has 0 spiro atoms. The summed E-state index contributed by atoms with van der Waals surface area (Å²) in [5.41, 5.74) is 6.06. The molecule has 0 aromatic carbocycles. The topological polar surface area (TPSA) is 85.3 Å². The monoisotopic (exact) mass is 196 g/mol. The van der Waals surface area contributed by atoms with Crippen LogP contribution in [0, 0.1) is 6.92 Å². The van der Waals surface area contributed by atoms with Gasteiger partial charge in [-0.3, -0.25) is 9.59 Å². The van der Waals surface area contributed by atoms with Crippen molar-refractivity contribution in [1.82, 2.24) is 4.57 Å². The first-order valence-corrected chi connectivity index (χ1v) is 4.17. The maximum atomic E-state index is 11.6. The molecule has 0 saturated carbocycles. The van der Waals surface area contributed by atoms with Crippen molar-refractivity contribution in [2.24, 2.45) is 5.73 Å². The SMILES string of the molecule is Cc1ccc(CN)c(=O)n1CC(=O)O. The summed E-state index contributed by atoms with van der Waals surface area (Å²) in [5.74, 6) is -1.04. The largest absolute Gasteiger partial charge is 0.480 e. The molecule has 1 aromatic rings. The summed E-state index contributed by atoms with van der Waals surface area (Å²) in [7, 11) is 0. The van der Waals surface area contributed by atoms with E-state index < -0.39 is 5.97 Å². The summed E-state index contributed by atoms with van der Waals surface area (Å²) < 4.78 is 1.20. The molecule has 5 nitrogen and oxygen atoms in total. The van der Waals surface area contributed by atoms with Crippen LogP contribution in [0.1, 0.15) is 11.3 Å². The Morgan fingerprint density at radius 3 is 2.71 bits per heavy atom. The number of hydrogen-bond acceptors (Lipinski definition) is 3. The fourth-order valence-corrected chi connectivity index (χ4v) is 1.20. The van der Waals surface area contributed by atoms with Gasteiger partial charge in [0.1, 0.15) is 6.54 Å². The van der Waals surface area contributed by atoms with Gasteiger partial charge in [0.05, 0.1) is 0 Å². The van der Waals surface area contributed by atoms with Crippen LogP contribution < -0.4 is 11.3 Å². The summed E-state index contributed by atoms with van der Waals surface area (Å²) in [6.07, 6.45) is 0. The van der Waals surface area contributed by atoms with E-state index in [1.807, 2.05) is 0 Å². The van der Waals surface area contributed by atoms with Gasteiger partial charge in [-0.05, 0) is 13.0 Å². The predicted octanol–water partition coefficient (Wildman–Crippen LogP) is -0.300. The molecule has 14 heavy (non-hydrogen) atoms. The molecule has 1 rings (SSSR count). The van der Waals surface area contributed by atoms with Crippen molar-refractivity contribution in [3.8, 4) is 0 Å². The van der Waals surface area contributed by atoms with Gasteiger partial charge in [0.15, 0.2) is 0 Å². The summed E-state index contributed by atoms with van der Waals surface area (Å²) in [6.45, 7) is 1.49. The zero-order valence-corrected chi connectivity index (χ0v) is 7.86. The third-order valence-corrected chi connectivity index (χ3v) is 1.98. The van der Waals surface area contributed by atoms with E-state index in [9.17, 15) is 9.59 Å². The number of hydrogen-bond donors (Lipinski definition) is 2. The molecule has 76 valence electrons. The second-order valence-corrected chi connectivity index (χ2v) is 2.99. The number of aliphatic carboxylic acids is 1. The Kier molecular flexibility index (Phi) is 3.03. The van der Waals surface area contributed by atoms with Crippen molar-refractivity contribution < 1.29 is 9.90 Å². The van der Waals surface area contributed by atoms with Crippen molar-refractivity contribution in [2.45, 2.75) is 20.0 Å². The maximum absolute atomic E-state index is 11.6. The fraction of sp³-hybridized carbons (Fsp3) is 0.333. The summed E-state index contributed by atoms with van der Waals surface area (Å²) in [5, 5.41) is 8.59. The number of rotatable bonds is 3. The first kappa shape index (κ1) is 10.5. The third kappa shape index (κ3) is 2.00. The maximum Gasteiger partial charge on any atom is 0.323 e. The standard InChI is InChI=1S/C9H12N2O3/c1-6-2-3-7(4-10)9(14)11(6)5-8(12)13/h2-3H,4-5,10H2,1H3,(H,12,13). The molecule has 3 N–H and O–H groups in total. The van der Waals surface area contributed by atoms with Crippen LogP contribution in [-0.2, 0) is 17.9 Å². The van der Waals surface area contributed by atoms with Crippen molar-refractivity contribution in [2.75, 3.05) is 0 Å². The van der Waals surface area contributed by atoms with E-state index in [1.54, 1.807) is 19.1 Å². The van der Waals surface area contributed by atoms with Gasteiger partial charge in [0, 0.05) is 17.8 Å². The first-order valence-electron chi connectivity index (χ1n) is 4.17. The minimum atomic E-state index is -1.04. The molecule has 0 amide bonds. The highest BCUT2D eigenvalue weighted by Gasteiger charge is 2.07. The average molecular weight is 196 g/mol. The molecule has 0 fully saturated rings.